The number of rotatable bonds is 5. The van der Waals surface area contributed by atoms with Gasteiger partial charge < -0.3 is 14.3 Å². The summed E-state index contributed by atoms with van der Waals surface area (Å²) in [5.41, 5.74) is -2.46. The highest BCUT2D eigenvalue weighted by atomic mass is 19.4. The molecule has 0 atom stereocenters. The van der Waals surface area contributed by atoms with Gasteiger partial charge in [-0.2, -0.15) is 23.3 Å². The lowest BCUT2D eigenvalue weighted by Crippen LogP contribution is -2.26. The van der Waals surface area contributed by atoms with Gasteiger partial charge in [0.2, 0.25) is 0 Å². The second-order valence-corrected chi connectivity index (χ2v) is 7.44. The van der Waals surface area contributed by atoms with Gasteiger partial charge in [-0.15, -0.1) is 0 Å². The molecule has 1 aliphatic rings. The summed E-state index contributed by atoms with van der Waals surface area (Å²) in [6.07, 6.45) is -4.20. The molecule has 4 rings (SSSR count). The Kier molecular flexibility index (Phi) is 5.73. The molecule has 1 amide bonds. The van der Waals surface area contributed by atoms with E-state index in [9.17, 15) is 38.0 Å². The molecule has 2 heterocycles. The minimum atomic E-state index is -5.02. The summed E-state index contributed by atoms with van der Waals surface area (Å²) < 4.78 is 46.5. The Hall–Kier alpha value is -4.74. The summed E-state index contributed by atoms with van der Waals surface area (Å²) in [6, 6.07) is 11.5. The first kappa shape index (κ1) is 23.4. The number of hydrazone groups is 1. The van der Waals surface area contributed by atoms with Gasteiger partial charge >= 0.3 is 6.18 Å². The highest BCUT2D eigenvalue weighted by Gasteiger charge is 2.47. The van der Waals surface area contributed by atoms with Crippen molar-refractivity contribution in [2.24, 2.45) is 5.10 Å². The molecule has 12 heteroatoms. The van der Waals surface area contributed by atoms with E-state index in [4.69, 9.17) is 4.42 Å². The molecule has 1 aromatic heterocycles. The van der Waals surface area contributed by atoms with Crippen molar-refractivity contribution in [3.05, 3.63) is 87.2 Å². The summed E-state index contributed by atoms with van der Waals surface area (Å²) in [6.45, 7) is 1.66. The van der Waals surface area contributed by atoms with Gasteiger partial charge in [0.15, 0.2) is 5.71 Å². The Bertz CT molecular complexity index is 1440. The minimum absolute atomic E-state index is 0.0120. The lowest BCUT2D eigenvalue weighted by molar-refractivity contribution is -0.384. The molecule has 35 heavy (non-hydrogen) atoms. The number of anilines is 1. The van der Waals surface area contributed by atoms with Crippen molar-refractivity contribution in [1.29, 1.82) is 0 Å². The molecule has 1 aliphatic heterocycles. The van der Waals surface area contributed by atoms with Gasteiger partial charge in [-0.25, -0.2) is 0 Å². The van der Waals surface area contributed by atoms with Gasteiger partial charge in [-0.3, -0.25) is 14.9 Å². The average Bonchev–Trinajstić information content (AvgIpc) is 3.38. The third-order valence-corrected chi connectivity index (χ3v) is 5.00. The summed E-state index contributed by atoms with van der Waals surface area (Å²) >= 11 is 0. The molecule has 3 aromatic rings. The van der Waals surface area contributed by atoms with E-state index in [2.05, 4.69) is 5.10 Å². The van der Waals surface area contributed by atoms with E-state index >= 15 is 0 Å². The molecule has 0 aliphatic carbocycles. The standard InChI is InChI=1S/C23H14F3N3O6/c1-12-5-7-16(18(9-12)29(33)34)19-8-6-15(35-19)11-17-20(23(24,25)26)27-28(21(17)30)14-4-2-3-13(10-14)22(31)32/h2-11H,1H3,(H,31,32)/p-1/b17-11-. The lowest BCUT2D eigenvalue weighted by atomic mass is 10.1. The number of aryl methyl sites for hydroxylation is 1. The molecule has 0 saturated carbocycles. The largest absolute Gasteiger partial charge is 0.545 e. The molecule has 0 N–H and O–H groups in total. The van der Waals surface area contributed by atoms with E-state index in [1.807, 2.05) is 0 Å². The number of carboxylic acids is 1. The molecule has 0 spiro atoms. The maximum absolute atomic E-state index is 13.7. The van der Waals surface area contributed by atoms with E-state index in [-0.39, 0.29) is 34.0 Å². The van der Waals surface area contributed by atoms with Crippen LogP contribution >= 0.6 is 0 Å². The number of nitro benzene ring substituents is 1. The molecule has 0 radical (unpaired) electrons. The zero-order chi connectivity index (χ0) is 25.5. The van der Waals surface area contributed by atoms with Crippen LogP contribution in [0.15, 0.2) is 69.7 Å². The van der Waals surface area contributed by atoms with Crippen LogP contribution in [0.4, 0.5) is 24.5 Å². The van der Waals surface area contributed by atoms with Crippen molar-refractivity contribution in [1.82, 2.24) is 0 Å². The van der Waals surface area contributed by atoms with Crippen LogP contribution in [0.1, 0.15) is 21.7 Å². The Labute approximate surface area is 194 Å². The maximum atomic E-state index is 13.7. The summed E-state index contributed by atoms with van der Waals surface area (Å²) in [4.78, 5) is 34.7. The van der Waals surface area contributed by atoms with E-state index in [0.29, 0.717) is 10.6 Å². The van der Waals surface area contributed by atoms with Crippen LogP contribution in [0, 0.1) is 17.0 Å². The van der Waals surface area contributed by atoms with Crippen LogP contribution in [-0.2, 0) is 4.79 Å². The van der Waals surface area contributed by atoms with Gasteiger partial charge in [0.25, 0.3) is 11.6 Å². The van der Waals surface area contributed by atoms with Gasteiger partial charge in [-0.05, 0) is 54.5 Å². The number of hydrogen-bond donors (Lipinski definition) is 0. The second kappa shape index (κ2) is 8.56. The average molecular weight is 484 g/mol. The fourth-order valence-corrected chi connectivity index (χ4v) is 3.41. The first-order valence-corrected chi connectivity index (χ1v) is 9.84. The first-order chi connectivity index (χ1) is 16.5. The Balaban J connectivity index is 1.75. The van der Waals surface area contributed by atoms with Crippen molar-refractivity contribution < 1.29 is 37.2 Å². The zero-order valence-corrected chi connectivity index (χ0v) is 17.7. The number of furan rings is 1. The molecule has 9 nitrogen and oxygen atoms in total. The van der Waals surface area contributed by atoms with Crippen molar-refractivity contribution in [3.8, 4) is 11.3 Å². The fourth-order valence-electron chi connectivity index (χ4n) is 3.41. The topological polar surface area (TPSA) is 129 Å². The highest BCUT2D eigenvalue weighted by Crippen LogP contribution is 2.35. The number of amides is 1. The third-order valence-electron chi connectivity index (χ3n) is 5.00. The summed E-state index contributed by atoms with van der Waals surface area (Å²) in [5, 5.41) is 26.3. The maximum Gasteiger partial charge on any atom is 0.435 e. The highest BCUT2D eigenvalue weighted by molar-refractivity contribution is 6.34. The lowest BCUT2D eigenvalue weighted by Gasteiger charge is -2.13. The molecule has 178 valence electrons. The van der Waals surface area contributed by atoms with Gasteiger partial charge in [0.1, 0.15) is 11.5 Å². The van der Waals surface area contributed by atoms with Gasteiger partial charge in [0, 0.05) is 6.07 Å². The number of aromatic carboxylic acids is 1. The van der Waals surface area contributed by atoms with E-state index in [1.165, 1.54) is 36.4 Å². The molecular formula is C23H13F3N3O6-. The molecule has 0 bridgehead atoms. The smallest absolute Gasteiger partial charge is 0.435 e. The van der Waals surface area contributed by atoms with E-state index < -0.39 is 34.3 Å². The van der Waals surface area contributed by atoms with Crippen LogP contribution in [0.25, 0.3) is 17.4 Å². The number of alkyl halides is 3. The Morgan fingerprint density at radius 1 is 1.14 bits per heavy atom. The number of hydrogen-bond acceptors (Lipinski definition) is 7. The third kappa shape index (κ3) is 4.53. The van der Waals surface area contributed by atoms with Crippen molar-refractivity contribution in [2.45, 2.75) is 13.1 Å². The summed E-state index contributed by atoms with van der Waals surface area (Å²) in [5.74, 6) is -2.92. The van der Waals surface area contributed by atoms with Gasteiger partial charge in [0.05, 0.1) is 27.7 Å². The predicted molar refractivity (Wildman–Crippen MR) is 115 cm³/mol. The van der Waals surface area contributed by atoms with Gasteiger partial charge in [-0.1, -0.05) is 18.2 Å². The molecule has 0 fully saturated rings. The number of nitro groups is 1. The number of carboxylic acid groups (broad SMARTS) is 1. The SMILES string of the molecule is Cc1ccc(-c2ccc(/C=C3\C(=O)N(c4cccc(C(=O)[O-])c4)N=C3C(F)(F)F)o2)c([N+](=O)[O-])c1. The molecular weight excluding hydrogens is 471 g/mol. The van der Waals surface area contributed by atoms with Crippen LogP contribution in [0.2, 0.25) is 0 Å². The second-order valence-electron chi connectivity index (χ2n) is 7.44. The first-order valence-electron chi connectivity index (χ1n) is 9.84. The number of benzene rings is 2. The molecule has 0 saturated heterocycles. The minimum Gasteiger partial charge on any atom is -0.545 e. The summed E-state index contributed by atoms with van der Waals surface area (Å²) in [7, 11) is 0. The zero-order valence-electron chi connectivity index (χ0n) is 17.7. The fraction of sp³-hybridized carbons (Fsp3) is 0.0870. The quantitative estimate of drug-likeness (QED) is 0.307. The monoisotopic (exact) mass is 484 g/mol. The van der Waals surface area contributed by atoms with Crippen molar-refractivity contribution >= 4 is 35.0 Å². The van der Waals surface area contributed by atoms with Crippen molar-refractivity contribution in [2.75, 3.05) is 5.01 Å². The van der Waals surface area contributed by atoms with E-state index in [1.54, 1.807) is 13.0 Å². The van der Waals surface area contributed by atoms with Crippen LogP contribution in [0.5, 0.6) is 0 Å². The normalized spacial score (nSPS) is 15.0. The van der Waals surface area contributed by atoms with Crippen molar-refractivity contribution in [3.63, 3.8) is 0 Å². The van der Waals surface area contributed by atoms with Crippen LogP contribution < -0.4 is 10.1 Å². The van der Waals surface area contributed by atoms with Crippen LogP contribution in [0.3, 0.4) is 0 Å². The molecule has 0 unspecified atom stereocenters. The number of nitrogens with zero attached hydrogens (tertiary/aromatic N) is 3. The number of carbonyl (C=O) groups excluding carboxylic acids is 2. The molecule has 2 aromatic carbocycles. The number of carbonyl (C=O) groups is 2. The number of halogens is 3. The Morgan fingerprint density at radius 3 is 2.54 bits per heavy atom. The Morgan fingerprint density at radius 2 is 1.89 bits per heavy atom. The van der Waals surface area contributed by atoms with E-state index in [0.717, 1.165) is 18.2 Å². The predicted octanol–water partition coefficient (Wildman–Crippen LogP) is 3.88. The van der Waals surface area contributed by atoms with Crippen LogP contribution in [-0.4, -0.2) is 28.7 Å².